The first-order chi connectivity index (χ1) is 18.1. The molecule has 0 atom stereocenters. The van der Waals surface area contributed by atoms with Gasteiger partial charge in [0, 0.05) is 6.54 Å². The number of carbonyl (C=O) groups is 2. The SMILES string of the molecule is Nc1ccccc1OCCOCCOCCOCCOCCOCCOCCNC(=O)COCC(=O)O. The van der Waals surface area contributed by atoms with Crippen LogP contribution in [0.3, 0.4) is 0 Å². The van der Waals surface area contributed by atoms with Crippen LogP contribution in [0, 0.1) is 0 Å². The summed E-state index contributed by atoms with van der Waals surface area (Å²) < 4.78 is 42.6. The van der Waals surface area contributed by atoms with E-state index in [0.29, 0.717) is 104 Å². The number of carboxylic acids is 1. The maximum atomic E-state index is 11.3. The van der Waals surface area contributed by atoms with Gasteiger partial charge in [-0.05, 0) is 12.1 Å². The number of ether oxygens (including phenoxy) is 8. The third-order valence-corrected chi connectivity index (χ3v) is 4.29. The predicted molar refractivity (Wildman–Crippen MR) is 133 cm³/mol. The van der Waals surface area contributed by atoms with Crippen LogP contribution in [-0.4, -0.2) is 123 Å². The van der Waals surface area contributed by atoms with Gasteiger partial charge >= 0.3 is 5.97 Å². The third kappa shape index (κ3) is 21.3. The van der Waals surface area contributed by atoms with Crippen molar-refractivity contribution in [2.24, 2.45) is 0 Å². The van der Waals surface area contributed by atoms with Gasteiger partial charge in [-0.3, -0.25) is 4.79 Å². The molecule has 13 nitrogen and oxygen atoms in total. The van der Waals surface area contributed by atoms with Gasteiger partial charge in [0.1, 0.15) is 25.6 Å². The molecule has 37 heavy (non-hydrogen) atoms. The molecule has 1 amide bonds. The summed E-state index contributed by atoms with van der Waals surface area (Å²) in [6, 6.07) is 7.33. The van der Waals surface area contributed by atoms with E-state index in [1.54, 1.807) is 6.07 Å². The summed E-state index contributed by atoms with van der Waals surface area (Å²) in [5.74, 6) is -0.862. The summed E-state index contributed by atoms with van der Waals surface area (Å²) in [6.07, 6.45) is 0. The Kier molecular flexibility index (Phi) is 21.0. The van der Waals surface area contributed by atoms with Gasteiger partial charge in [-0.25, -0.2) is 4.79 Å². The number of anilines is 1. The second-order valence-electron chi connectivity index (χ2n) is 7.30. The number of nitrogens with two attached hydrogens (primary N) is 1. The number of para-hydroxylation sites is 2. The molecule has 0 heterocycles. The van der Waals surface area contributed by atoms with E-state index in [0.717, 1.165) is 0 Å². The summed E-state index contributed by atoms with van der Waals surface area (Å²) in [4.78, 5) is 21.6. The number of hydrogen-bond donors (Lipinski definition) is 3. The largest absolute Gasteiger partial charge is 0.489 e. The minimum Gasteiger partial charge on any atom is -0.489 e. The number of nitrogen functional groups attached to an aromatic ring is 1. The number of nitrogens with one attached hydrogen (secondary N) is 1. The molecule has 0 saturated carbocycles. The summed E-state index contributed by atoms with van der Waals surface area (Å²) >= 11 is 0. The van der Waals surface area contributed by atoms with Gasteiger partial charge in [0.05, 0.1) is 85.0 Å². The lowest BCUT2D eigenvalue weighted by Gasteiger charge is -2.09. The van der Waals surface area contributed by atoms with E-state index in [4.69, 9.17) is 44.0 Å². The predicted octanol–water partition coefficient (Wildman–Crippen LogP) is -0.0354. The molecular formula is C24H40N2O11. The summed E-state index contributed by atoms with van der Waals surface area (Å²) in [5.41, 5.74) is 6.40. The van der Waals surface area contributed by atoms with Crippen molar-refractivity contribution < 1.29 is 52.6 Å². The summed E-state index contributed by atoms with van der Waals surface area (Å²) in [5, 5.41) is 10.9. The third-order valence-electron chi connectivity index (χ3n) is 4.29. The van der Waals surface area contributed by atoms with Crippen molar-refractivity contribution in [3.63, 3.8) is 0 Å². The van der Waals surface area contributed by atoms with E-state index in [2.05, 4.69) is 10.1 Å². The van der Waals surface area contributed by atoms with Crippen LogP contribution in [0.2, 0.25) is 0 Å². The molecule has 0 unspecified atom stereocenters. The maximum Gasteiger partial charge on any atom is 0.329 e. The van der Waals surface area contributed by atoms with Gasteiger partial charge in [0.15, 0.2) is 0 Å². The smallest absolute Gasteiger partial charge is 0.329 e. The Morgan fingerprint density at radius 1 is 0.649 bits per heavy atom. The van der Waals surface area contributed by atoms with Gasteiger partial charge in [0.2, 0.25) is 5.91 Å². The van der Waals surface area contributed by atoms with Gasteiger partial charge < -0.3 is 54.1 Å². The minimum atomic E-state index is -1.12. The molecule has 13 heteroatoms. The van der Waals surface area contributed by atoms with Crippen molar-refractivity contribution in [3.8, 4) is 5.75 Å². The van der Waals surface area contributed by atoms with Crippen molar-refractivity contribution in [1.82, 2.24) is 5.32 Å². The van der Waals surface area contributed by atoms with Gasteiger partial charge in [-0.15, -0.1) is 0 Å². The first-order valence-electron chi connectivity index (χ1n) is 12.1. The van der Waals surface area contributed by atoms with E-state index in [-0.39, 0.29) is 6.61 Å². The summed E-state index contributed by atoms with van der Waals surface area (Å²) in [7, 11) is 0. The van der Waals surface area contributed by atoms with Gasteiger partial charge in [-0.1, -0.05) is 12.1 Å². The number of carboxylic acid groups (broad SMARTS) is 1. The van der Waals surface area contributed by atoms with Crippen molar-refractivity contribution in [3.05, 3.63) is 24.3 Å². The second kappa shape index (κ2) is 23.9. The molecule has 0 spiro atoms. The molecule has 0 radical (unpaired) electrons. The average Bonchev–Trinajstić information content (AvgIpc) is 2.87. The Morgan fingerprint density at radius 2 is 1.11 bits per heavy atom. The molecule has 1 aromatic rings. The highest BCUT2D eigenvalue weighted by Gasteiger charge is 2.03. The molecule has 0 bridgehead atoms. The van der Waals surface area contributed by atoms with Crippen molar-refractivity contribution in [2.45, 2.75) is 0 Å². The van der Waals surface area contributed by atoms with Crippen molar-refractivity contribution in [2.75, 3.05) is 111 Å². The number of rotatable bonds is 26. The second-order valence-corrected chi connectivity index (χ2v) is 7.30. The number of aliphatic carboxylic acids is 1. The Balaban J connectivity index is 1.70. The van der Waals surface area contributed by atoms with Crippen LogP contribution in [0.1, 0.15) is 0 Å². The molecule has 0 aliphatic carbocycles. The fraction of sp³-hybridized carbons (Fsp3) is 0.667. The van der Waals surface area contributed by atoms with Crippen molar-refractivity contribution >= 4 is 17.6 Å². The highest BCUT2D eigenvalue weighted by Crippen LogP contribution is 2.19. The molecule has 0 fully saturated rings. The van der Waals surface area contributed by atoms with Crippen LogP contribution in [0.5, 0.6) is 5.75 Å². The Morgan fingerprint density at radius 3 is 1.59 bits per heavy atom. The normalized spacial score (nSPS) is 10.9. The maximum absolute atomic E-state index is 11.3. The lowest BCUT2D eigenvalue weighted by Crippen LogP contribution is -2.31. The Labute approximate surface area is 217 Å². The first kappa shape index (κ1) is 32.5. The van der Waals surface area contributed by atoms with Crippen LogP contribution >= 0.6 is 0 Å². The quantitative estimate of drug-likeness (QED) is 0.108. The Bertz CT molecular complexity index is 709. The van der Waals surface area contributed by atoms with Crippen molar-refractivity contribution in [1.29, 1.82) is 0 Å². The fourth-order valence-corrected chi connectivity index (χ4v) is 2.57. The number of carbonyl (C=O) groups excluding carboxylic acids is 1. The zero-order valence-electron chi connectivity index (χ0n) is 21.2. The first-order valence-corrected chi connectivity index (χ1v) is 12.1. The number of amides is 1. The molecule has 0 saturated heterocycles. The van der Waals surface area contributed by atoms with Gasteiger partial charge in [0.25, 0.3) is 0 Å². The summed E-state index contributed by atoms with van der Waals surface area (Å²) in [6.45, 7) is 5.22. The molecule has 212 valence electrons. The molecule has 0 aromatic heterocycles. The lowest BCUT2D eigenvalue weighted by molar-refractivity contribution is -0.143. The average molecular weight is 533 g/mol. The van der Waals surface area contributed by atoms with E-state index < -0.39 is 18.5 Å². The van der Waals surface area contributed by atoms with E-state index in [1.165, 1.54) is 0 Å². The monoisotopic (exact) mass is 532 g/mol. The zero-order valence-corrected chi connectivity index (χ0v) is 21.2. The number of hydrogen-bond acceptors (Lipinski definition) is 11. The zero-order chi connectivity index (χ0) is 26.8. The fourth-order valence-electron chi connectivity index (χ4n) is 2.57. The van der Waals surface area contributed by atoms with Crippen LogP contribution in [-0.2, 0) is 42.7 Å². The topological polar surface area (TPSA) is 166 Å². The van der Waals surface area contributed by atoms with Crippen LogP contribution in [0.25, 0.3) is 0 Å². The highest BCUT2D eigenvalue weighted by atomic mass is 16.6. The van der Waals surface area contributed by atoms with Gasteiger partial charge in [-0.2, -0.15) is 0 Å². The van der Waals surface area contributed by atoms with E-state index in [9.17, 15) is 9.59 Å². The van der Waals surface area contributed by atoms with E-state index >= 15 is 0 Å². The highest BCUT2D eigenvalue weighted by molar-refractivity contribution is 5.77. The number of benzene rings is 1. The molecular weight excluding hydrogens is 492 g/mol. The molecule has 4 N–H and O–H groups in total. The van der Waals surface area contributed by atoms with Crippen LogP contribution < -0.4 is 15.8 Å². The van der Waals surface area contributed by atoms with E-state index in [1.807, 2.05) is 18.2 Å². The Hall–Kier alpha value is -2.52. The lowest BCUT2D eigenvalue weighted by atomic mass is 10.3. The standard InChI is InChI=1S/C24H40N2O11/c25-21-3-1-2-4-22(21)37-18-17-35-16-15-34-14-13-33-12-11-32-10-9-31-8-7-30-6-5-26-23(27)19-36-20-24(28)29/h1-4H,5-20,25H2,(H,26,27)(H,28,29). The molecule has 1 rings (SSSR count). The van der Waals surface area contributed by atoms with Crippen LogP contribution in [0.4, 0.5) is 5.69 Å². The van der Waals surface area contributed by atoms with Crippen LogP contribution in [0.15, 0.2) is 24.3 Å². The molecule has 0 aliphatic heterocycles. The minimum absolute atomic E-state index is 0.298. The molecule has 1 aromatic carbocycles. The molecule has 0 aliphatic rings.